The van der Waals surface area contributed by atoms with E-state index in [1.54, 1.807) is 102 Å². The Morgan fingerprint density at radius 3 is 1.01 bits per heavy atom. The largest absolute Gasteiger partial charge is 0.508 e. The van der Waals surface area contributed by atoms with Crippen LogP contribution in [0.1, 0.15) is 193 Å². The number of benzene rings is 3. The van der Waals surface area contributed by atoms with Gasteiger partial charge in [0, 0.05) is 69.1 Å². The molecule has 2 aliphatic heterocycles. The van der Waals surface area contributed by atoms with Gasteiger partial charge in [0.15, 0.2) is 23.8 Å². The third-order valence-corrected chi connectivity index (χ3v) is 23.6. The van der Waals surface area contributed by atoms with Gasteiger partial charge in [-0.3, -0.25) is 88.8 Å². The van der Waals surface area contributed by atoms with Crippen molar-refractivity contribution in [3.8, 4) is 5.75 Å². The van der Waals surface area contributed by atoms with Crippen LogP contribution in [0, 0.1) is 39.4 Å². The van der Waals surface area contributed by atoms with E-state index in [9.17, 15) is 5.11 Å². The standard InChI is InChI=1S/C93H150N30O15/c1-53(2)47-69-83(132)113-63(28-13-16-40-95)77(126)110-62(27-12-15-39-94)76(125)111-65(30-18-42-105-90(97)98)78(127)112-66(31-19-43-106-91(99)100)81(130)120-73(51-58-52-109-61-26-11-10-25-60(58)61)87(136)114-64(29-14-17-41-96)79(128)119-71(50-57-35-37-59(124)38-36-57)85(134)116-68(33-21-45-108-93(103)104)82(131)122-75(55(5)6)89(138)123-46-22-34-74(123)88(137)121-72(49-56-23-8-7-9-24-56)86(135)118-70(48-54(3)4)84(133)115-67(80(129)117-69)32-20-44-107-92(101)102/h7-11,23-26,35-38,52-55,62-75,109,124H,12-22,27-34,39-51,94-96H2,1-6H3,(H,110,126)(H,111,125)(H,112,127)(H,113,132)(H,114,136)(H,115,133)(H,116,134)(H,117,129)(H,118,135)(H,119,128)(H,120,130)(H,121,137)(H,122,131)(H4,97,98,105)(H4,99,100,106)(H4,101,102,107)(H4,103,104,108)/t62-,63-,64-,65-,66-,67-,68-,69-,70-,71-,72-,73-,74+,75-/m0/s1. The monoisotopic (exact) mass is 1930 g/mol. The van der Waals surface area contributed by atoms with Gasteiger partial charge >= 0.3 is 0 Å². The molecule has 3 heterocycles. The number of unbranched alkanes of at least 4 members (excludes halogenated alkanes) is 3. The molecule has 2 fully saturated rings. The summed E-state index contributed by atoms with van der Waals surface area (Å²) in [5, 5.41) is 89.8. The second-order valence-corrected chi connectivity index (χ2v) is 36.3. The van der Waals surface area contributed by atoms with Crippen molar-refractivity contribution in [2.75, 3.05) is 52.4 Å². The van der Waals surface area contributed by atoms with Crippen LogP contribution in [0.5, 0.6) is 5.75 Å². The number of phenols is 1. The Labute approximate surface area is 805 Å². The van der Waals surface area contributed by atoms with Gasteiger partial charge < -0.3 is 146 Å². The van der Waals surface area contributed by atoms with Gasteiger partial charge in [-0.05, 0) is 207 Å². The summed E-state index contributed by atoms with van der Waals surface area (Å²) >= 11 is 0. The lowest BCUT2D eigenvalue weighted by Crippen LogP contribution is -2.62. The summed E-state index contributed by atoms with van der Waals surface area (Å²) in [5.74, 6) is -15.4. The molecule has 6 rings (SSSR count). The number of phenolic OH excluding ortho intramolecular Hbond substituents is 1. The Hall–Kier alpha value is -13.5. The number of carbonyl (C=O) groups excluding carboxylic acids is 14. The molecular formula is C93H150N30O15. The van der Waals surface area contributed by atoms with Gasteiger partial charge in [0.25, 0.3) is 0 Å². The Morgan fingerprint density at radius 1 is 0.362 bits per heavy atom. The normalized spacial score (nSPS) is 22.9. The third-order valence-electron chi connectivity index (χ3n) is 23.6. The number of para-hydroxylation sites is 1. The topological polar surface area (TPSA) is 760 Å². The van der Waals surface area contributed by atoms with Gasteiger partial charge in [0.05, 0.1) is 0 Å². The SMILES string of the molecule is CC(C)C[C@@H]1NC(=O)[C@H](CCCNC(=N)N)NC(=O)[C@H](CC(C)C)NC(=O)[C@H](Cc2ccccc2)NC(=O)[C@H]2CCCN2C(=O)[C@H](C(C)C)NC(=O)[C@H](CCCNC(=N)N)NC(=O)[C@H](Cc2ccc(O)cc2)NC(=O)[C@H](CCCCN)NC(=O)[C@H](Cc2c[nH]c3ccccc23)NC(=O)[C@H](CCCNC(=N)N)NC(=O)[C@H](CCCNC(=N)N)NC(=O)[C@H](CCCCN)NC(=O)[C@H](CCCCN)NC1=O. The van der Waals surface area contributed by atoms with Gasteiger partial charge in [-0.25, -0.2) is 0 Å². The summed E-state index contributed by atoms with van der Waals surface area (Å²) in [6.07, 6.45) is 2.15. The second-order valence-electron chi connectivity index (χ2n) is 36.3. The first-order valence-electron chi connectivity index (χ1n) is 47.8. The van der Waals surface area contributed by atoms with Crippen molar-refractivity contribution >= 4 is 117 Å². The van der Waals surface area contributed by atoms with Crippen molar-refractivity contribution in [2.45, 2.75) is 280 Å². The lowest BCUT2D eigenvalue weighted by molar-refractivity contribution is -0.143. The fourth-order valence-electron chi connectivity index (χ4n) is 16.3. The number of nitrogens with one attached hydrogen (secondary N) is 22. The number of aromatic hydroxyl groups is 1. The Morgan fingerprint density at radius 2 is 0.659 bits per heavy atom. The zero-order valence-electron chi connectivity index (χ0n) is 80.2. The fourth-order valence-corrected chi connectivity index (χ4v) is 16.3. The van der Waals surface area contributed by atoms with E-state index in [0.29, 0.717) is 46.9 Å². The maximum Gasteiger partial charge on any atom is 0.246 e. The molecule has 0 saturated carbocycles. The maximum atomic E-state index is 15.6. The van der Waals surface area contributed by atoms with Crippen LogP contribution in [0.25, 0.3) is 10.9 Å². The number of rotatable bonds is 39. The van der Waals surface area contributed by atoms with Crippen molar-refractivity contribution in [1.29, 1.82) is 21.6 Å². The molecule has 1 aromatic heterocycles. The van der Waals surface area contributed by atoms with Gasteiger partial charge in [-0.1, -0.05) is 102 Å². The van der Waals surface area contributed by atoms with E-state index in [0.717, 1.165) is 0 Å². The van der Waals surface area contributed by atoms with Crippen LogP contribution in [0.3, 0.4) is 0 Å². The van der Waals surface area contributed by atoms with Crippen molar-refractivity contribution in [3.05, 3.63) is 102 Å². The zero-order chi connectivity index (χ0) is 102. The molecule has 0 aliphatic carbocycles. The average Bonchev–Trinajstić information content (AvgIpc) is 1.62. The van der Waals surface area contributed by atoms with Crippen LogP contribution < -0.4 is 131 Å². The summed E-state index contributed by atoms with van der Waals surface area (Å²) in [6, 6.07) is 0.722. The van der Waals surface area contributed by atoms with Crippen LogP contribution >= 0.6 is 0 Å². The highest BCUT2D eigenvalue weighted by Gasteiger charge is 2.43. The van der Waals surface area contributed by atoms with E-state index in [1.165, 1.54) is 29.2 Å². The molecule has 0 bridgehead atoms. The third kappa shape index (κ3) is 39.7. The number of carbonyl (C=O) groups is 14. The number of H-pyrrole nitrogens is 1. The number of amides is 14. The molecule has 14 atom stereocenters. The first kappa shape index (κ1) is 113. The molecule has 45 nitrogen and oxygen atoms in total. The minimum Gasteiger partial charge on any atom is -0.508 e. The maximum absolute atomic E-state index is 15.6. The highest BCUT2D eigenvalue weighted by Crippen LogP contribution is 2.25. The first-order chi connectivity index (χ1) is 65.8. The van der Waals surface area contributed by atoms with E-state index in [2.05, 4.69) is 95.4 Å². The van der Waals surface area contributed by atoms with Crippen LogP contribution in [-0.2, 0) is 86.4 Å². The predicted molar refractivity (Wildman–Crippen MR) is 523 cm³/mol. The van der Waals surface area contributed by atoms with E-state index in [1.807, 2.05) is 0 Å². The van der Waals surface area contributed by atoms with Gasteiger partial charge in [0.2, 0.25) is 82.7 Å². The summed E-state index contributed by atoms with van der Waals surface area (Å²) in [4.78, 5) is 219. The molecule has 0 unspecified atom stereocenters. The summed E-state index contributed by atoms with van der Waals surface area (Å²) in [5.41, 5.74) is 42.9. The molecule has 14 amide bonds. The van der Waals surface area contributed by atoms with E-state index in [-0.39, 0.29) is 211 Å². The van der Waals surface area contributed by atoms with E-state index in [4.69, 9.17) is 61.8 Å². The summed E-state index contributed by atoms with van der Waals surface area (Å²) in [7, 11) is 0. The number of nitrogens with zero attached hydrogens (tertiary/aromatic N) is 1. The lowest BCUT2D eigenvalue weighted by atomic mass is 9.99. The molecule has 2 aliphatic rings. The minimum atomic E-state index is -1.61. The number of hydrogen-bond donors (Lipinski definition) is 30. The summed E-state index contributed by atoms with van der Waals surface area (Å²) in [6.45, 7) is 10.9. The quantitative estimate of drug-likeness (QED) is 0.0124. The minimum absolute atomic E-state index is 0.00515. The van der Waals surface area contributed by atoms with E-state index < -0.39 is 191 Å². The fraction of sp³-hybridized carbons (Fsp3) is 0.591. The Bertz CT molecular complexity index is 4690. The molecule has 2 saturated heterocycles. The lowest BCUT2D eigenvalue weighted by Gasteiger charge is -2.32. The van der Waals surface area contributed by atoms with Crippen molar-refractivity contribution in [3.63, 3.8) is 0 Å². The van der Waals surface area contributed by atoms with Gasteiger partial charge in [-0.2, -0.15) is 0 Å². The molecule has 138 heavy (non-hydrogen) atoms. The highest BCUT2D eigenvalue weighted by atomic mass is 16.3. The van der Waals surface area contributed by atoms with Crippen LogP contribution in [0.2, 0.25) is 0 Å². The predicted octanol–water partition coefficient (Wildman–Crippen LogP) is -2.60. The van der Waals surface area contributed by atoms with Gasteiger partial charge in [-0.15, -0.1) is 0 Å². The number of nitrogens with two attached hydrogens (primary N) is 7. The molecule has 3 aromatic carbocycles. The number of aromatic amines is 1. The molecule has 45 heteroatoms. The number of guanidine groups is 4. The molecule has 762 valence electrons. The van der Waals surface area contributed by atoms with Crippen LogP contribution in [-0.4, -0.2) is 258 Å². The van der Waals surface area contributed by atoms with Crippen LogP contribution in [0.15, 0.2) is 85.1 Å². The van der Waals surface area contributed by atoms with Crippen LogP contribution in [0.4, 0.5) is 0 Å². The highest BCUT2D eigenvalue weighted by molar-refractivity contribution is 6.02. The number of aromatic nitrogens is 1. The molecule has 0 spiro atoms. The Balaban J connectivity index is 1.55. The van der Waals surface area contributed by atoms with Gasteiger partial charge in [0.1, 0.15) is 90.3 Å². The number of hydrogen-bond acceptors (Lipinski definition) is 22. The molecule has 0 radical (unpaired) electrons. The second kappa shape index (κ2) is 59.5. The summed E-state index contributed by atoms with van der Waals surface area (Å²) < 4.78 is 0. The first-order valence-corrected chi connectivity index (χ1v) is 47.8. The van der Waals surface area contributed by atoms with Crippen molar-refractivity contribution < 1.29 is 72.2 Å². The van der Waals surface area contributed by atoms with E-state index >= 15 is 67.1 Å². The number of fused-ring (bicyclic) bond motifs is 2. The molecule has 37 N–H and O–H groups in total. The molecular weight excluding hydrogens is 1780 g/mol. The average molecular weight is 1930 g/mol. The van der Waals surface area contributed by atoms with Crippen molar-refractivity contribution in [2.24, 2.45) is 57.9 Å². The zero-order valence-corrected chi connectivity index (χ0v) is 80.2. The molecule has 4 aromatic rings. The Kier molecular flexibility index (Phi) is 48.9. The smallest absolute Gasteiger partial charge is 0.246 e. The van der Waals surface area contributed by atoms with Crippen molar-refractivity contribution in [1.82, 2.24) is 100 Å².